The maximum Gasteiger partial charge on any atom is 0.129 e. The van der Waals surface area contributed by atoms with Crippen LogP contribution in [0.5, 0.6) is 0 Å². The zero-order chi connectivity index (χ0) is 6.62. The second-order valence-corrected chi connectivity index (χ2v) is 2.18. The van der Waals surface area contributed by atoms with E-state index in [-0.39, 0.29) is 5.41 Å². The summed E-state index contributed by atoms with van der Waals surface area (Å²) in [6, 6.07) is 0. The Kier molecular flexibility index (Phi) is 2.46. The normalized spacial score (nSPS) is 16.8. The summed E-state index contributed by atoms with van der Waals surface area (Å²) in [5, 5.41) is 0. The van der Waals surface area contributed by atoms with Crippen LogP contribution in [-0.2, 0) is 4.79 Å². The van der Waals surface area contributed by atoms with E-state index in [1.807, 2.05) is 13.8 Å². The van der Waals surface area contributed by atoms with Gasteiger partial charge in [0.15, 0.2) is 0 Å². The first kappa shape index (κ1) is 7.41. The average molecular weight is 112 g/mol. The molecule has 8 heavy (non-hydrogen) atoms. The van der Waals surface area contributed by atoms with E-state index in [1.165, 1.54) is 0 Å². The van der Waals surface area contributed by atoms with E-state index in [1.54, 1.807) is 6.08 Å². The molecule has 1 nitrogen and oxygen atoms in total. The fourth-order valence-electron chi connectivity index (χ4n) is 0.276. The van der Waals surface area contributed by atoms with Gasteiger partial charge >= 0.3 is 0 Å². The predicted molar refractivity (Wildman–Crippen MR) is 34.7 cm³/mol. The Labute approximate surface area is 50.4 Å². The predicted octanol–water partition coefficient (Wildman–Crippen LogP) is 1.79. The Bertz CT molecular complexity index is 86.6. The summed E-state index contributed by atoms with van der Waals surface area (Å²) in [6.45, 7) is 7.38. The van der Waals surface area contributed by atoms with Gasteiger partial charge in [0.25, 0.3) is 0 Å². The summed E-state index contributed by atoms with van der Waals surface area (Å²) in [4.78, 5) is 10.2. The lowest BCUT2D eigenvalue weighted by Gasteiger charge is -2.12. The molecule has 0 aliphatic heterocycles. The minimum Gasteiger partial charge on any atom is -0.302 e. The average Bonchev–Trinajstić information content (AvgIpc) is 1.87. The van der Waals surface area contributed by atoms with Crippen LogP contribution in [-0.4, -0.2) is 6.29 Å². The van der Waals surface area contributed by atoms with Gasteiger partial charge in [-0.2, -0.15) is 0 Å². The topological polar surface area (TPSA) is 17.1 Å². The van der Waals surface area contributed by atoms with Crippen LogP contribution < -0.4 is 0 Å². The molecule has 0 aliphatic carbocycles. The van der Waals surface area contributed by atoms with Crippen LogP contribution in [0.1, 0.15) is 20.3 Å². The van der Waals surface area contributed by atoms with Crippen LogP contribution >= 0.6 is 0 Å². The zero-order valence-electron chi connectivity index (χ0n) is 5.48. The van der Waals surface area contributed by atoms with Gasteiger partial charge in [0.2, 0.25) is 0 Å². The van der Waals surface area contributed by atoms with Crippen molar-refractivity contribution in [2.75, 3.05) is 0 Å². The molecular weight excluding hydrogens is 100 g/mol. The van der Waals surface area contributed by atoms with Crippen molar-refractivity contribution in [3.05, 3.63) is 12.7 Å². The summed E-state index contributed by atoms with van der Waals surface area (Å²) in [5.74, 6) is 0. The summed E-state index contributed by atoms with van der Waals surface area (Å²) >= 11 is 0. The van der Waals surface area contributed by atoms with Gasteiger partial charge in [-0.05, 0) is 13.3 Å². The molecule has 0 radical (unpaired) electrons. The molecule has 0 bridgehead atoms. The molecule has 1 heteroatoms. The molecular formula is C7H12O. The first-order valence-corrected chi connectivity index (χ1v) is 2.78. The van der Waals surface area contributed by atoms with E-state index >= 15 is 0 Å². The maximum absolute atomic E-state index is 10.2. The van der Waals surface area contributed by atoms with E-state index in [2.05, 4.69) is 6.58 Å². The van der Waals surface area contributed by atoms with Crippen LogP contribution in [0.25, 0.3) is 0 Å². The molecule has 0 heterocycles. The number of carbonyl (C=O) groups excluding carboxylic acids is 1. The third-order valence-electron chi connectivity index (χ3n) is 1.50. The monoisotopic (exact) mass is 112 g/mol. The number of aldehydes is 1. The Morgan fingerprint density at radius 2 is 2.25 bits per heavy atom. The van der Waals surface area contributed by atoms with Crippen molar-refractivity contribution >= 4 is 6.29 Å². The highest BCUT2D eigenvalue weighted by Crippen LogP contribution is 2.17. The number of hydrogen-bond donors (Lipinski definition) is 0. The van der Waals surface area contributed by atoms with Gasteiger partial charge in [-0.25, -0.2) is 0 Å². The molecule has 0 spiro atoms. The molecule has 1 unspecified atom stereocenters. The Balaban J connectivity index is 3.96. The molecule has 0 amide bonds. The number of rotatable bonds is 3. The van der Waals surface area contributed by atoms with Crippen LogP contribution in [0.15, 0.2) is 12.7 Å². The van der Waals surface area contributed by atoms with E-state index in [9.17, 15) is 4.79 Å². The van der Waals surface area contributed by atoms with Crippen LogP contribution in [0.4, 0.5) is 0 Å². The highest BCUT2D eigenvalue weighted by molar-refractivity contribution is 5.61. The molecule has 0 aromatic carbocycles. The van der Waals surface area contributed by atoms with Crippen molar-refractivity contribution in [1.29, 1.82) is 0 Å². The SMILES string of the molecule is C=CC(C)(C=O)CC. The molecule has 0 aliphatic rings. The van der Waals surface area contributed by atoms with E-state index in [0.29, 0.717) is 0 Å². The van der Waals surface area contributed by atoms with E-state index in [0.717, 1.165) is 12.7 Å². The second-order valence-electron chi connectivity index (χ2n) is 2.18. The third kappa shape index (κ3) is 1.49. The fourth-order valence-corrected chi connectivity index (χ4v) is 0.276. The standard InChI is InChI=1S/C7H12O/c1-4-7(3,5-2)6-8/h4,6H,1,5H2,2-3H3. The van der Waals surface area contributed by atoms with Gasteiger partial charge in [-0.15, -0.1) is 6.58 Å². The molecule has 0 saturated heterocycles. The molecule has 46 valence electrons. The van der Waals surface area contributed by atoms with Crippen LogP contribution in [0, 0.1) is 5.41 Å². The Morgan fingerprint density at radius 1 is 1.75 bits per heavy atom. The minimum absolute atomic E-state index is 0.292. The number of allylic oxidation sites excluding steroid dienone is 1. The van der Waals surface area contributed by atoms with Crippen molar-refractivity contribution in [3.63, 3.8) is 0 Å². The van der Waals surface area contributed by atoms with Crippen LogP contribution in [0.3, 0.4) is 0 Å². The zero-order valence-corrected chi connectivity index (χ0v) is 5.48. The highest BCUT2D eigenvalue weighted by atomic mass is 16.1. The quantitative estimate of drug-likeness (QED) is 0.402. The fraction of sp³-hybridized carbons (Fsp3) is 0.571. The second kappa shape index (κ2) is 2.65. The smallest absolute Gasteiger partial charge is 0.129 e. The van der Waals surface area contributed by atoms with Gasteiger partial charge in [-0.1, -0.05) is 13.0 Å². The molecule has 0 aromatic rings. The minimum atomic E-state index is -0.292. The van der Waals surface area contributed by atoms with Crippen molar-refractivity contribution < 1.29 is 4.79 Å². The lowest BCUT2D eigenvalue weighted by molar-refractivity contribution is -0.113. The van der Waals surface area contributed by atoms with Gasteiger partial charge in [0.05, 0.1) is 0 Å². The van der Waals surface area contributed by atoms with E-state index < -0.39 is 0 Å². The summed E-state index contributed by atoms with van der Waals surface area (Å²) in [7, 11) is 0. The van der Waals surface area contributed by atoms with Crippen molar-refractivity contribution in [3.8, 4) is 0 Å². The molecule has 0 saturated carbocycles. The molecule has 0 N–H and O–H groups in total. The largest absolute Gasteiger partial charge is 0.302 e. The highest BCUT2D eigenvalue weighted by Gasteiger charge is 2.14. The summed E-state index contributed by atoms with van der Waals surface area (Å²) < 4.78 is 0. The van der Waals surface area contributed by atoms with Gasteiger partial charge in [0, 0.05) is 5.41 Å². The number of hydrogen-bond acceptors (Lipinski definition) is 1. The third-order valence-corrected chi connectivity index (χ3v) is 1.50. The lowest BCUT2D eigenvalue weighted by atomic mass is 9.90. The van der Waals surface area contributed by atoms with Gasteiger partial charge in [-0.3, -0.25) is 0 Å². The summed E-state index contributed by atoms with van der Waals surface area (Å²) in [5.41, 5.74) is -0.292. The number of carbonyl (C=O) groups is 1. The van der Waals surface area contributed by atoms with E-state index in [4.69, 9.17) is 0 Å². The van der Waals surface area contributed by atoms with Crippen molar-refractivity contribution in [2.24, 2.45) is 5.41 Å². The molecule has 0 rings (SSSR count). The molecule has 0 fully saturated rings. The summed E-state index contributed by atoms with van der Waals surface area (Å²) in [6.07, 6.45) is 3.44. The Morgan fingerprint density at radius 3 is 2.25 bits per heavy atom. The van der Waals surface area contributed by atoms with Crippen molar-refractivity contribution in [1.82, 2.24) is 0 Å². The van der Waals surface area contributed by atoms with Crippen molar-refractivity contribution in [2.45, 2.75) is 20.3 Å². The molecule has 1 atom stereocenters. The van der Waals surface area contributed by atoms with Gasteiger partial charge < -0.3 is 4.79 Å². The lowest BCUT2D eigenvalue weighted by Crippen LogP contribution is -2.11. The Hall–Kier alpha value is -0.590. The van der Waals surface area contributed by atoms with Crippen LogP contribution in [0.2, 0.25) is 0 Å². The molecule has 0 aromatic heterocycles. The van der Waals surface area contributed by atoms with Gasteiger partial charge in [0.1, 0.15) is 6.29 Å². The first-order valence-electron chi connectivity index (χ1n) is 2.78. The maximum atomic E-state index is 10.2. The first-order chi connectivity index (χ1) is 3.68.